The number of hydrogen-bond acceptors (Lipinski definition) is 6. The number of carbonyl (C=O) groups is 1. The summed E-state index contributed by atoms with van der Waals surface area (Å²) in [7, 11) is 1.37. The van der Waals surface area contributed by atoms with Crippen LogP contribution >= 0.6 is 0 Å². The fraction of sp³-hybridized carbons (Fsp3) is 0.375. The summed E-state index contributed by atoms with van der Waals surface area (Å²) in [4.78, 5) is 35.8. The fourth-order valence-electron chi connectivity index (χ4n) is 3.23. The van der Waals surface area contributed by atoms with Crippen molar-refractivity contribution in [3.05, 3.63) is 49.8 Å². The first-order valence-electron chi connectivity index (χ1n) is 7.92. The molecule has 138 valence electrons. The number of carbonyl (C=O) groups excluding carboxylic acids is 1. The second-order valence-corrected chi connectivity index (χ2v) is 6.30. The van der Waals surface area contributed by atoms with E-state index in [0.29, 0.717) is 0 Å². The van der Waals surface area contributed by atoms with E-state index in [1.54, 1.807) is 13.8 Å². The number of phenols is 1. The lowest BCUT2D eigenvalue weighted by Gasteiger charge is -2.26. The number of rotatable bonds is 4. The fourth-order valence-corrected chi connectivity index (χ4v) is 3.23. The second kappa shape index (κ2) is 6.21. The van der Waals surface area contributed by atoms with E-state index in [-0.39, 0.29) is 34.5 Å². The third-order valence-corrected chi connectivity index (χ3v) is 4.41. The molecule has 0 saturated carbocycles. The molecule has 10 heteroatoms. The number of methoxy groups -OCH3 is 1. The van der Waals surface area contributed by atoms with Gasteiger partial charge in [-0.25, -0.2) is 0 Å². The highest BCUT2D eigenvalue weighted by atomic mass is 16.6. The maximum Gasteiger partial charge on any atom is 0.301 e. The van der Waals surface area contributed by atoms with Gasteiger partial charge in [0.05, 0.1) is 18.6 Å². The Kier molecular flexibility index (Phi) is 4.18. The van der Waals surface area contributed by atoms with Gasteiger partial charge in [-0.3, -0.25) is 29.5 Å². The Hall–Kier alpha value is -3.30. The van der Waals surface area contributed by atoms with Crippen LogP contribution in [0.15, 0.2) is 23.0 Å². The molecule has 10 nitrogen and oxygen atoms in total. The average Bonchev–Trinajstić information content (AvgIpc) is 2.90. The molecule has 1 aliphatic rings. The first kappa shape index (κ1) is 17.5. The standard InChI is InChI=1S/C16H18N4O6/c1-7(2)19-14-12(15(22)18-19)11(13(20(24)25)16(23)17-14)8-4-5-10(26-3)9(21)6-8/h4-7,11,13,21H,1-3H3,(H,17,23)(H,18,22)/t11-,13-/m1/s1. The molecular weight excluding hydrogens is 344 g/mol. The molecule has 1 amide bonds. The molecule has 3 rings (SSSR count). The van der Waals surface area contributed by atoms with Crippen LogP contribution in [-0.4, -0.2) is 38.9 Å². The molecule has 0 spiro atoms. The minimum absolute atomic E-state index is 0.0876. The van der Waals surface area contributed by atoms with E-state index in [1.807, 2.05) is 0 Å². The predicted octanol–water partition coefficient (Wildman–Crippen LogP) is 1.20. The van der Waals surface area contributed by atoms with E-state index in [2.05, 4.69) is 10.4 Å². The van der Waals surface area contributed by atoms with Crippen molar-refractivity contribution in [1.29, 1.82) is 0 Å². The van der Waals surface area contributed by atoms with Gasteiger partial charge in [-0.1, -0.05) is 6.07 Å². The number of hydrogen-bond donors (Lipinski definition) is 3. The summed E-state index contributed by atoms with van der Waals surface area (Å²) < 4.78 is 6.44. The number of nitrogens with zero attached hydrogens (tertiary/aromatic N) is 2. The molecular formula is C16H18N4O6. The van der Waals surface area contributed by atoms with Crippen LogP contribution < -0.4 is 15.6 Å². The number of fused-ring (bicyclic) bond motifs is 1. The largest absolute Gasteiger partial charge is 0.504 e. The Morgan fingerprint density at radius 2 is 2.04 bits per heavy atom. The summed E-state index contributed by atoms with van der Waals surface area (Å²) in [5, 5.41) is 26.7. The van der Waals surface area contributed by atoms with Gasteiger partial charge in [0, 0.05) is 11.0 Å². The normalized spacial score (nSPS) is 19.2. The number of nitro groups is 1. The maximum atomic E-state index is 12.5. The van der Waals surface area contributed by atoms with Crippen molar-refractivity contribution in [2.75, 3.05) is 12.4 Å². The zero-order valence-corrected chi connectivity index (χ0v) is 14.3. The lowest BCUT2D eigenvalue weighted by atomic mass is 9.83. The summed E-state index contributed by atoms with van der Waals surface area (Å²) >= 11 is 0. The third-order valence-electron chi connectivity index (χ3n) is 4.41. The highest BCUT2D eigenvalue weighted by Crippen LogP contribution is 2.39. The minimum atomic E-state index is -1.69. The summed E-state index contributed by atoms with van der Waals surface area (Å²) in [6.45, 7) is 3.60. The van der Waals surface area contributed by atoms with Crippen molar-refractivity contribution < 1.29 is 19.6 Å². The van der Waals surface area contributed by atoms with E-state index >= 15 is 0 Å². The Morgan fingerprint density at radius 1 is 1.35 bits per heavy atom. The van der Waals surface area contributed by atoms with E-state index in [0.717, 1.165) is 0 Å². The summed E-state index contributed by atoms with van der Waals surface area (Å²) in [5.74, 6) is -1.82. The number of anilines is 1. The summed E-state index contributed by atoms with van der Waals surface area (Å²) in [5.41, 5.74) is -0.168. The molecule has 1 aromatic heterocycles. The molecule has 0 unspecified atom stereocenters. The monoisotopic (exact) mass is 362 g/mol. The molecule has 3 N–H and O–H groups in total. The van der Waals surface area contributed by atoms with Crippen LogP contribution in [0, 0.1) is 10.1 Å². The molecule has 2 heterocycles. The van der Waals surface area contributed by atoms with Crippen LogP contribution in [0.4, 0.5) is 5.82 Å². The van der Waals surface area contributed by atoms with Gasteiger partial charge in [0.25, 0.3) is 5.56 Å². The lowest BCUT2D eigenvalue weighted by Crippen LogP contribution is -2.45. The van der Waals surface area contributed by atoms with Crippen LogP contribution in [0.5, 0.6) is 11.5 Å². The zero-order valence-electron chi connectivity index (χ0n) is 14.3. The Labute approximate surface area is 147 Å². The molecule has 1 aliphatic heterocycles. The van der Waals surface area contributed by atoms with Crippen LogP contribution in [0.25, 0.3) is 0 Å². The van der Waals surface area contributed by atoms with Crippen molar-refractivity contribution in [2.24, 2.45) is 0 Å². The van der Waals surface area contributed by atoms with E-state index < -0.39 is 28.3 Å². The van der Waals surface area contributed by atoms with Crippen LogP contribution in [0.2, 0.25) is 0 Å². The Bertz CT molecular complexity index is 945. The van der Waals surface area contributed by atoms with Crippen molar-refractivity contribution >= 4 is 11.7 Å². The van der Waals surface area contributed by atoms with Gasteiger partial charge >= 0.3 is 11.9 Å². The molecule has 0 saturated heterocycles. The zero-order chi connectivity index (χ0) is 19.2. The maximum absolute atomic E-state index is 12.5. The molecule has 2 aromatic rings. The number of aromatic nitrogens is 2. The van der Waals surface area contributed by atoms with Gasteiger partial charge in [0.2, 0.25) is 0 Å². The number of nitrogens with one attached hydrogen (secondary N) is 2. The van der Waals surface area contributed by atoms with E-state index in [9.17, 15) is 24.8 Å². The number of aromatic hydroxyl groups is 1. The number of benzene rings is 1. The molecule has 0 fully saturated rings. The molecule has 26 heavy (non-hydrogen) atoms. The Morgan fingerprint density at radius 3 is 2.58 bits per heavy atom. The van der Waals surface area contributed by atoms with Crippen molar-refractivity contribution in [3.8, 4) is 11.5 Å². The highest BCUT2D eigenvalue weighted by Gasteiger charge is 2.48. The number of H-pyrrole nitrogens is 1. The molecule has 0 radical (unpaired) electrons. The van der Waals surface area contributed by atoms with Gasteiger partial charge in [0.15, 0.2) is 11.5 Å². The second-order valence-electron chi connectivity index (χ2n) is 6.30. The van der Waals surface area contributed by atoms with Gasteiger partial charge in [-0.15, -0.1) is 0 Å². The summed E-state index contributed by atoms with van der Waals surface area (Å²) in [6, 6.07) is 2.33. The van der Waals surface area contributed by atoms with Gasteiger partial charge in [-0.2, -0.15) is 0 Å². The van der Waals surface area contributed by atoms with Crippen LogP contribution in [0.1, 0.15) is 36.9 Å². The molecule has 2 atom stereocenters. The van der Waals surface area contributed by atoms with Crippen molar-refractivity contribution in [1.82, 2.24) is 9.78 Å². The number of ether oxygens (including phenoxy) is 1. The van der Waals surface area contributed by atoms with Crippen LogP contribution in [0.3, 0.4) is 0 Å². The number of amides is 1. The SMILES string of the molecule is COc1ccc([C@@H]2c3c(n(C(C)C)[nH]c3=O)NC(=O)[C@@H]2[N+](=O)[O-])cc1O. The Balaban J connectivity index is 2.27. The van der Waals surface area contributed by atoms with E-state index in [1.165, 1.54) is 30.0 Å². The smallest absolute Gasteiger partial charge is 0.301 e. The van der Waals surface area contributed by atoms with Crippen LogP contribution in [-0.2, 0) is 4.79 Å². The van der Waals surface area contributed by atoms with Gasteiger partial charge in [-0.05, 0) is 31.5 Å². The molecule has 0 aliphatic carbocycles. The van der Waals surface area contributed by atoms with E-state index in [4.69, 9.17) is 4.74 Å². The minimum Gasteiger partial charge on any atom is -0.504 e. The number of aromatic amines is 1. The predicted molar refractivity (Wildman–Crippen MR) is 91.4 cm³/mol. The molecule has 0 bridgehead atoms. The lowest BCUT2D eigenvalue weighted by molar-refractivity contribution is -0.509. The van der Waals surface area contributed by atoms with Gasteiger partial charge in [0.1, 0.15) is 5.82 Å². The topological polar surface area (TPSA) is 139 Å². The van der Waals surface area contributed by atoms with Crippen molar-refractivity contribution in [2.45, 2.75) is 31.8 Å². The number of phenolic OH excluding ortho intramolecular Hbond substituents is 1. The quantitative estimate of drug-likeness (QED) is 0.551. The first-order chi connectivity index (χ1) is 12.3. The average molecular weight is 362 g/mol. The van der Waals surface area contributed by atoms with Gasteiger partial charge < -0.3 is 15.2 Å². The molecule has 1 aromatic carbocycles. The van der Waals surface area contributed by atoms with Crippen molar-refractivity contribution in [3.63, 3.8) is 0 Å². The summed E-state index contributed by atoms with van der Waals surface area (Å²) in [6.07, 6.45) is 0. The highest BCUT2D eigenvalue weighted by molar-refractivity contribution is 5.98. The third kappa shape index (κ3) is 2.59. The first-order valence-corrected chi connectivity index (χ1v) is 7.92.